The fourth-order valence-corrected chi connectivity index (χ4v) is 3.90. The van der Waals surface area contributed by atoms with Crippen molar-refractivity contribution in [1.29, 1.82) is 0 Å². The van der Waals surface area contributed by atoms with Crippen LogP contribution in [0.15, 0.2) is 10.8 Å². The Labute approximate surface area is 125 Å². The smallest absolute Gasteiger partial charge is 0.279 e. The molecule has 2 rings (SSSR count). The first-order valence-corrected chi connectivity index (χ1v) is 8.43. The Hall–Kier alpha value is -0.960. The van der Waals surface area contributed by atoms with Gasteiger partial charge in [-0.2, -0.15) is 17.4 Å². The van der Waals surface area contributed by atoms with Crippen LogP contribution >= 0.6 is 0 Å². The molecule has 120 valence electrons. The summed E-state index contributed by atoms with van der Waals surface area (Å²) >= 11 is 0. The molecule has 0 aromatic carbocycles. The van der Waals surface area contributed by atoms with E-state index in [9.17, 15) is 8.42 Å². The van der Waals surface area contributed by atoms with Gasteiger partial charge in [0.25, 0.3) is 10.2 Å². The lowest BCUT2D eigenvalue weighted by atomic mass is 9.85. The molecule has 1 N–H and O–H groups in total. The van der Waals surface area contributed by atoms with E-state index in [-0.39, 0.29) is 18.6 Å². The Morgan fingerprint density at radius 2 is 2.29 bits per heavy atom. The molecule has 2 heterocycles. The fourth-order valence-electron chi connectivity index (χ4n) is 2.51. The van der Waals surface area contributed by atoms with Crippen molar-refractivity contribution < 1.29 is 17.6 Å². The minimum atomic E-state index is -3.50. The molecule has 1 fully saturated rings. The van der Waals surface area contributed by atoms with Crippen molar-refractivity contribution in [3.05, 3.63) is 17.8 Å². The van der Waals surface area contributed by atoms with Crippen molar-refractivity contribution >= 4 is 10.2 Å². The molecule has 0 radical (unpaired) electrons. The lowest BCUT2D eigenvalue weighted by Gasteiger charge is -2.37. The lowest BCUT2D eigenvalue weighted by Crippen LogP contribution is -2.48. The molecule has 1 saturated heterocycles. The zero-order chi connectivity index (χ0) is 15.5. The van der Waals surface area contributed by atoms with Crippen molar-refractivity contribution in [3.63, 3.8) is 0 Å². The molecule has 0 bridgehead atoms. The molecule has 0 atom stereocenters. The standard InChI is InChI=1S/C13H23N3O4S/c1-13(2)5-4-6-16(9-13)21(17,18)15-7-11-12(8-19-3)20-10-14-11/h10,15H,4-9H2,1-3H3. The van der Waals surface area contributed by atoms with E-state index in [2.05, 4.69) is 23.6 Å². The SMILES string of the molecule is COCc1ocnc1CNS(=O)(=O)N1CCCC(C)(C)C1. The molecule has 0 unspecified atom stereocenters. The number of nitrogens with zero attached hydrogens (tertiary/aromatic N) is 2. The number of piperidine rings is 1. The maximum Gasteiger partial charge on any atom is 0.279 e. The van der Waals surface area contributed by atoms with E-state index in [1.165, 1.54) is 10.7 Å². The third kappa shape index (κ3) is 4.26. The summed E-state index contributed by atoms with van der Waals surface area (Å²) in [5, 5.41) is 0. The van der Waals surface area contributed by atoms with E-state index in [1.54, 1.807) is 7.11 Å². The number of hydrogen-bond donors (Lipinski definition) is 1. The van der Waals surface area contributed by atoms with E-state index >= 15 is 0 Å². The van der Waals surface area contributed by atoms with E-state index in [1.807, 2.05) is 0 Å². The maximum absolute atomic E-state index is 12.4. The molecule has 7 nitrogen and oxygen atoms in total. The Morgan fingerprint density at radius 3 is 2.95 bits per heavy atom. The molecule has 0 aliphatic carbocycles. The summed E-state index contributed by atoms with van der Waals surface area (Å²) in [5.74, 6) is 0.541. The lowest BCUT2D eigenvalue weighted by molar-refractivity contribution is 0.163. The molecule has 1 aliphatic heterocycles. The summed E-state index contributed by atoms with van der Waals surface area (Å²) < 4.78 is 39.0. The third-order valence-corrected chi connectivity index (χ3v) is 5.13. The average Bonchev–Trinajstić information content (AvgIpc) is 2.83. The summed E-state index contributed by atoms with van der Waals surface area (Å²) in [6, 6.07) is 0. The van der Waals surface area contributed by atoms with Crippen molar-refractivity contribution in [2.45, 2.75) is 39.8 Å². The Kier molecular flexibility index (Phi) is 5.03. The van der Waals surface area contributed by atoms with Crippen LogP contribution < -0.4 is 4.72 Å². The van der Waals surface area contributed by atoms with Crippen molar-refractivity contribution in [2.24, 2.45) is 5.41 Å². The molecule has 1 aromatic rings. The van der Waals surface area contributed by atoms with Gasteiger partial charge in [-0.3, -0.25) is 0 Å². The molecule has 1 aliphatic rings. The second kappa shape index (κ2) is 6.43. The monoisotopic (exact) mass is 317 g/mol. The second-order valence-electron chi connectivity index (χ2n) is 6.08. The molecular formula is C13H23N3O4S. The van der Waals surface area contributed by atoms with E-state index in [4.69, 9.17) is 9.15 Å². The zero-order valence-corrected chi connectivity index (χ0v) is 13.6. The first-order valence-electron chi connectivity index (χ1n) is 6.99. The van der Waals surface area contributed by atoms with Gasteiger partial charge in [0.15, 0.2) is 12.2 Å². The van der Waals surface area contributed by atoms with Crippen LogP contribution in [-0.4, -0.2) is 37.9 Å². The number of ether oxygens (including phenoxy) is 1. The highest BCUT2D eigenvalue weighted by atomic mass is 32.2. The van der Waals surface area contributed by atoms with Gasteiger partial charge in [0.05, 0.1) is 12.2 Å². The van der Waals surface area contributed by atoms with Gasteiger partial charge >= 0.3 is 0 Å². The molecule has 0 saturated carbocycles. The van der Waals surface area contributed by atoms with Crippen LogP contribution in [0.25, 0.3) is 0 Å². The van der Waals surface area contributed by atoms with Gasteiger partial charge in [-0.1, -0.05) is 13.8 Å². The van der Waals surface area contributed by atoms with Crippen LogP contribution in [0.5, 0.6) is 0 Å². The van der Waals surface area contributed by atoms with Gasteiger partial charge < -0.3 is 9.15 Å². The predicted octanol–water partition coefficient (Wildman–Crippen LogP) is 1.28. The first kappa shape index (κ1) is 16.4. The van der Waals surface area contributed by atoms with Crippen LogP contribution in [0.1, 0.15) is 38.1 Å². The van der Waals surface area contributed by atoms with Gasteiger partial charge in [-0.15, -0.1) is 0 Å². The number of oxazole rings is 1. The highest BCUT2D eigenvalue weighted by Gasteiger charge is 2.33. The Morgan fingerprint density at radius 1 is 1.52 bits per heavy atom. The fraction of sp³-hybridized carbons (Fsp3) is 0.769. The quantitative estimate of drug-likeness (QED) is 0.854. The highest BCUT2D eigenvalue weighted by Crippen LogP contribution is 2.29. The van der Waals surface area contributed by atoms with E-state index in [0.29, 0.717) is 24.5 Å². The summed E-state index contributed by atoms with van der Waals surface area (Å²) in [4.78, 5) is 4.02. The Balaban J connectivity index is 1.99. The largest absolute Gasteiger partial charge is 0.446 e. The zero-order valence-electron chi connectivity index (χ0n) is 12.8. The number of hydrogen-bond acceptors (Lipinski definition) is 5. The molecular weight excluding hydrogens is 294 g/mol. The molecule has 21 heavy (non-hydrogen) atoms. The van der Waals surface area contributed by atoms with Gasteiger partial charge in [-0.25, -0.2) is 4.98 Å². The summed E-state index contributed by atoms with van der Waals surface area (Å²) in [7, 11) is -1.95. The average molecular weight is 317 g/mol. The number of nitrogens with one attached hydrogen (secondary N) is 1. The van der Waals surface area contributed by atoms with Gasteiger partial charge in [-0.05, 0) is 18.3 Å². The van der Waals surface area contributed by atoms with Crippen molar-refractivity contribution in [2.75, 3.05) is 20.2 Å². The second-order valence-corrected chi connectivity index (χ2v) is 7.84. The number of rotatable bonds is 6. The summed E-state index contributed by atoms with van der Waals surface area (Å²) in [6.45, 7) is 5.64. The number of methoxy groups -OCH3 is 1. The van der Waals surface area contributed by atoms with Gasteiger partial charge in [0.2, 0.25) is 0 Å². The van der Waals surface area contributed by atoms with Gasteiger partial charge in [0.1, 0.15) is 6.61 Å². The Bertz CT molecular complexity index is 568. The predicted molar refractivity (Wildman–Crippen MR) is 77.6 cm³/mol. The maximum atomic E-state index is 12.4. The van der Waals surface area contributed by atoms with Crippen LogP contribution in [0.4, 0.5) is 0 Å². The molecule has 1 aromatic heterocycles. The van der Waals surface area contributed by atoms with Gasteiger partial charge in [0, 0.05) is 20.2 Å². The summed E-state index contributed by atoms with van der Waals surface area (Å²) in [5.41, 5.74) is 0.568. The van der Waals surface area contributed by atoms with E-state index in [0.717, 1.165) is 12.8 Å². The minimum Gasteiger partial charge on any atom is -0.446 e. The van der Waals surface area contributed by atoms with Crippen molar-refractivity contribution in [3.8, 4) is 0 Å². The number of aromatic nitrogens is 1. The van der Waals surface area contributed by atoms with Crippen LogP contribution in [0.2, 0.25) is 0 Å². The minimum absolute atomic E-state index is 0.0160. The van der Waals surface area contributed by atoms with Crippen molar-refractivity contribution in [1.82, 2.24) is 14.0 Å². The summed E-state index contributed by atoms with van der Waals surface area (Å²) in [6.07, 6.45) is 3.22. The molecule has 8 heteroatoms. The van der Waals surface area contributed by atoms with Crippen LogP contribution in [-0.2, 0) is 28.1 Å². The molecule has 0 spiro atoms. The highest BCUT2D eigenvalue weighted by molar-refractivity contribution is 7.87. The van der Waals surface area contributed by atoms with Crippen LogP contribution in [0, 0.1) is 5.41 Å². The van der Waals surface area contributed by atoms with Crippen LogP contribution in [0.3, 0.4) is 0 Å². The normalized spacial score (nSPS) is 19.8. The topological polar surface area (TPSA) is 84.7 Å². The molecule has 0 amide bonds. The third-order valence-electron chi connectivity index (χ3n) is 3.63. The first-order chi connectivity index (χ1) is 9.84. The van der Waals surface area contributed by atoms with E-state index < -0.39 is 10.2 Å².